The zero-order chi connectivity index (χ0) is 23.7. The monoisotopic (exact) mass is 488 g/mol. The summed E-state index contributed by atoms with van der Waals surface area (Å²) in [5.41, 5.74) is 2.07. The Kier molecular flexibility index (Phi) is 6.00. The van der Waals surface area contributed by atoms with Gasteiger partial charge < -0.3 is 9.84 Å². The summed E-state index contributed by atoms with van der Waals surface area (Å²) in [5, 5.41) is 11.7. The van der Waals surface area contributed by atoms with Gasteiger partial charge in [0.1, 0.15) is 11.8 Å². The minimum atomic E-state index is -0.656. The fourth-order valence-corrected chi connectivity index (χ4v) is 5.75. The number of hydrogen-bond acceptors (Lipinski definition) is 7. The van der Waals surface area contributed by atoms with Crippen LogP contribution in [-0.2, 0) is 9.53 Å². The molecule has 0 aliphatic carbocycles. The molecule has 3 heterocycles. The number of fused-ring (bicyclic) bond motifs is 1. The van der Waals surface area contributed by atoms with Gasteiger partial charge in [0.05, 0.1) is 22.4 Å². The highest BCUT2D eigenvalue weighted by atomic mass is 32.1. The average molecular weight is 489 g/mol. The van der Waals surface area contributed by atoms with E-state index in [2.05, 4.69) is 0 Å². The molecule has 1 aliphatic rings. The van der Waals surface area contributed by atoms with E-state index in [0.29, 0.717) is 26.2 Å². The third-order valence-corrected chi connectivity index (χ3v) is 7.26. The largest absolute Gasteiger partial charge is 0.508 e. The van der Waals surface area contributed by atoms with Crippen LogP contribution in [0.2, 0.25) is 0 Å². The summed E-state index contributed by atoms with van der Waals surface area (Å²) in [6.45, 7) is 1.97. The normalized spacial score (nSPS) is 15.7. The van der Waals surface area contributed by atoms with Crippen LogP contribution in [0, 0.1) is 0 Å². The van der Waals surface area contributed by atoms with Crippen molar-refractivity contribution in [2.24, 2.45) is 4.99 Å². The van der Waals surface area contributed by atoms with Gasteiger partial charge >= 0.3 is 5.97 Å². The zero-order valence-electron chi connectivity index (χ0n) is 18.2. The molecule has 1 atom stereocenters. The SMILES string of the molecule is CCOC(=O)C1=C(c2ccccc2)N=c2s/c(=C\c3cccc(O)c3)c(=O)n2[C@H]1c1cccs1. The molecular formula is C26H20N2O4S2. The highest BCUT2D eigenvalue weighted by molar-refractivity contribution is 7.10. The van der Waals surface area contributed by atoms with E-state index in [0.717, 1.165) is 10.4 Å². The Labute approximate surface area is 203 Å². The van der Waals surface area contributed by atoms with Crippen molar-refractivity contribution in [3.05, 3.63) is 113 Å². The summed E-state index contributed by atoms with van der Waals surface area (Å²) in [7, 11) is 0. The van der Waals surface area contributed by atoms with E-state index >= 15 is 0 Å². The first-order valence-electron chi connectivity index (χ1n) is 10.7. The fourth-order valence-electron chi connectivity index (χ4n) is 3.92. The number of carbonyl (C=O) groups excluding carboxylic acids is 1. The molecule has 0 unspecified atom stereocenters. The maximum Gasteiger partial charge on any atom is 0.338 e. The number of thiophene rings is 1. The van der Waals surface area contributed by atoms with Crippen LogP contribution in [0.3, 0.4) is 0 Å². The minimum Gasteiger partial charge on any atom is -0.508 e. The van der Waals surface area contributed by atoms with E-state index in [4.69, 9.17) is 9.73 Å². The predicted molar refractivity (Wildman–Crippen MR) is 133 cm³/mol. The number of benzene rings is 2. The molecule has 34 heavy (non-hydrogen) atoms. The van der Waals surface area contributed by atoms with Crippen LogP contribution in [0.15, 0.2) is 87.5 Å². The number of esters is 1. The highest BCUT2D eigenvalue weighted by Crippen LogP contribution is 2.36. The number of hydrogen-bond donors (Lipinski definition) is 1. The number of rotatable bonds is 5. The first kappa shape index (κ1) is 22.1. The van der Waals surface area contributed by atoms with Crippen molar-refractivity contribution < 1.29 is 14.6 Å². The second-order valence-corrected chi connectivity index (χ2v) is 9.53. The number of aromatic nitrogens is 1. The Morgan fingerprint density at radius 2 is 1.97 bits per heavy atom. The number of phenols is 1. The maximum atomic E-state index is 13.6. The summed E-state index contributed by atoms with van der Waals surface area (Å²) in [5.74, 6) is -0.375. The van der Waals surface area contributed by atoms with Crippen LogP contribution in [0.4, 0.5) is 0 Å². The summed E-state index contributed by atoms with van der Waals surface area (Å²) in [6.07, 6.45) is 1.73. The zero-order valence-corrected chi connectivity index (χ0v) is 19.8. The van der Waals surface area contributed by atoms with Gasteiger partial charge in [0.15, 0.2) is 4.80 Å². The van der Waals surface area contributed by atoms with Gasteiger partial charge in [0, 0.05) is 10.4 Å². The number of ether oxygens (including phenoxy) is 1. The standard InChI is InChI=1S/C26H20N2O4S2/c1-2-32-25(31)21-22(17-9-4-3-5-10-17)27-26-28(23(21)19-12-7-13-33-19)24(30)20(34-26)15-16-8-6-11-18(29)14-16/h3-15,23,29H,2H2,1H3/b20-15-/t23-/m0/s1. The lowest BCUT2D eigenvalue weighted by atomic mass is 9.97. The molecule has 0 bridgehead atoms. The van der Waals surface area contributed by atoms with Gasteiger partial charge in [-0.1, -0.05) is 59.9 Å². The Balaban J connectivity index is 1.82. The van der Waals surface area contributed by atoms with Crippen LogP contribution < -0.4 is 14.9 Å². The molecule has 0 fully saturated rings. The molecule has 6 nitrogen and oxygen atoms in total. The molecule has 8 heteroatoms. The van der Waals surface area contributed by atoms with Gasteiger partial charge in [0.2, 0.25) is 0 Å². The molecule has 170 valence electrons. The van der Waals surface area contributed by atoms with Crippen molar-refractivity contribution >= 4 is 40.4 Å². The van der Waals surface area contributed by atoms with Crippen molar-refractivity contribution in [3.63, 3.8) is 0 Å². The highest BCUT2D eigenvalue weighted by Gasteiger charge is 2.35. The van der Waals surface area contributed by atoms with E-state index in [-0.39, 0.29) is 17.9 Å². The number of thiazole rings is 1. The first-order valence-corrected chi connectivity index (χ1v) is 12.4. The summed E-state index contributed by atoms with van der Waals surface area (Å²) < 4.78 is 7.47. The maximum absolute atomic E-state index is 13.6. The Hall–Kier alpha value is -3.75. The second-order valence-electron chi connectivity index (χ2n) is 7.54. The van der Waals surface area contributed by atoms with E-state index in [1.165, 1.54) is 22.7 Å². The summed E-state index contributed by atoms with van der Waals surface area (Å²) >= 11 is 2.73. The van der Waals surface area contributed by atoms with Crippen LogP contribution in [-0.4, -0.2) is 22.2 Å². The third kappa shape index (κ3) is 4.02. The summed E-state index contributed by atoms with van der Waals surface area (Å²) in [6, 6.07) is 19.3. The number of phenolic OH excluding ortho intramolecular Hbond substituents is 1. The lowest BCUT2D eigenvalue weighted by Gasteiger charge is -2.24. The number of aromatic hydroxyl groups is 1. The van der Waals surface area contributed by atoms with Crippen LogP contribution in [0.1, 0.15) is 29.0 Å². The first-order chi connectivity index (χ1) is 16.6. The van der Waals surface area contributed by atoms with Gasteiger partial charge in [-0.3, -0.25) is 9.36 Å². The minimum absolute atomic E-state index is 0.119. The Morgan fingerprint density at radius 1 is 1.15 bits per heavy atom. The van der Waals surface area contributed by atoms with Crippen molar-refractivity contribution in [2.75, 3.05) is 6.61 Å². The lowest BCUT2D eigenvalue weighted by molar-refractivity contribution is -0.138. The van der Waals surface area contributed by atoms with Crippen molar-refractivity contribution in [2.45, 2.75) is 13.0 Å². The van der Waals surface area contributed by atoms with E-state index < -0.39 is 12.0 Å². The predicted octanol–water partition coefficient (Wildman–Crippen LogP) is 3.70. The second kappa shape index (κ2) is 9.24. The molecule has 1 aliphatic heterocycles. The average Bonchev–Trinajstić information content (AvgIpc) is 3.47. The van der Waals surface area contributed by atoms with Gasteiger partial charge in [-0.25, -0.2) is 9.79 Å². The number of nitrogens with zero attached hydrogens (tertiary/aromatic N) is 2. The van der Waals surface area contributed by atoms with Gasteiger partial charge in [-0.05, 0) is 42.1 Å². The fraction of sp³-hybridized carbons (Fsp3) is 0.115. The van der Waals surface area contributed by atoms with Crippen LogP contribution in [0.25, 0.3) is 11.8 Å². The molecular weight excluding hydrogens is 468 g/mol. The molecule has 4 aromatic rings. The molecule has 2 aromatic carbocycles. The lowest BCUT2D eigenvalue weighted by Crippen LogP contribution is -2.39. The Morgan fingerprint density at radius 3 is 2.68 bits per heavy atom. The molecule has 0 amide bonds. The third-order valence-electron chi connectivity index (χ3n) is 5.35. The van der Waals surface area contributed by atoms with Gasteiger partial charge in [-0.15, -0.1) is 11.3 Å². The topological polar surface area (TPSA) is 80.9 Å². The van der Waals surface area contributed by atoms with Crippen molar-refractivity contribution in [1.29, 1.82) is 0 Å². The molecule has 5 rings (SSSR count). The van der Waals surface area contributed by atoms with Gasteiger partial charge in [-0.2, -0.15) is 0 Å². The molecule has 0 saturated carbocycles. The molecule has 0 spiro atoms. The van der Waals surface area contributed by atoms with Gasteiger partial charge in [0.25, 0.3) is 5.56 Å². The van der Waals surface area contributed by atoms with Crippen molar-refractivity contribution in [1.82, 2.24) is 4.57 Å². The Bertz CT molecular complexity index is 1560. The smallest absolute Gasteiger partial charge is 0.338 e. The van der Waals surface area contributed by atoms with E-state index in [1.54, 1.807) is 35.8 Å². The van der Waals surface area contributed by atoms with E-state index in [1.807, 2.05) is 53.9 Å². The number of carbonyl (C=O) groups is 1. The van der Waals surface area contributed by atoms with Crippen LogP contribution >= 0.6 is 22.7 Å². The van der Waals surface area contributed by atoms with Crippen molar-refractivity contribution in [3.8, 4) is 5.75 Å². The molecule has 2 aromatic heterocycles. The van der Waals surface area contributed by atoms with E-state index in [9.17, 15) is 14.7 Å². The molecule has 0 saturated heterocycles. The van der Waals surface area contributed by atoms with Crippen LogP contribution in [0.5, 0.6) is 5.75 Å². The summed E-state index contributed by atoms with van der Waals surface area (Å²) in [4.78, 5) is 33.0. The quantitative estimate of drug-likeness (QED) is 0.435. The molecule has 0 radical (unpaired) electrons. The molecule has 1 N–H and O–H groups in total.